The molecule has 2 aliphatic rings. The van der Waals surface area contributed by atoms with Gasteiger partial charge in [-0.1, -0.05) is 18.2 Å². The van der Waals surface area contributed by atoms with Gasteiger partial charge in [-0.3, -0.25) is 9.78 Å². The zero-order valence-electron chi connectivity index (χ0n) is 17.3. The lowest BCUT2D eigenvalue weighted by Crippen LogP contribution is -2.37. The van der Waals surface area contributed by atoms with Crippen LogP contribution in [0.3, 0.4) is 0 Å². The molecule has 2 aliphatic heterocycles. The van der Waals surface area contributed by atoms with Crippen LogP contribution in [0.4, 0.5) is 11.5 Å². The molecule has 7 nitrogen and oxygen atoms in total. The van der Waals surface area contributed by atoms with E-state index in [2.05, 4.69) is 10.3 Å². The minimum Gasteiger partial charge on any atom is -0.368 e. The second kappa shape index (κ2) is 8.81. The second-order valence-electron chi connectivity index (χ2n) is 8.00. The first-order valence-corrected chi connectivity index (χ1v) is 10.8. The first kappa shape index (κ1) is 19.6. The predicted molar refractivity (Wildman–Crippen MR) is 118 cm³/mol. The van der Waals surface area contributed by atoms with E-state index in [0.717, 1.165) is 47.8 Å². The summed E-state index contributed by atoms with van der Waals surface area (Å²) in [5.41, 5.74) is 2.72. The third kappa shape index (κ3) is 4.41. The van der Waals surface area contributed by atoms with Crippen LogP contribution in [0.5, 0.6) is 0 Å². The average molecular weight is 415 g/mol. The van der Waals surface area contributed by atoms with E-state index >= 15 is 0 Å². The van der Waals surface area contributed by atoms with Crippen LogP contribution in [0, 0.1) is 0 Å². The number of carbonyl (C=O) groups excluding carboxylic acids is 1. The van der Waals surface area contributed by atoms with Gasteiger partial charge in [0, 0.05) is 55.3 Å². The van der Waals surface area contributed by atoms with Crippen molar-refractivity contribution in [2.75, 3.05) is 25.0 Å². The maximum atomic E-state index is 12.8. The zero-order valence-corrected chi connectivity index (χ0v) is 17.3. The van der Waals surface area contributed by atoms with Crippen molar-refractivity contribution in [1.29, 1.82) is 0 Å². The SMILES string of the molecule is O=C(C1CCCO1)N1CCC(c2nc(Nc3ccccc3)cc(-c3cccnc3)n2)C1. The van der Waals surface area contributed by atoms with Crippen LogP contribution in [0.15, 0.2) is 60.9 Å². The number of para-hydroxylation sites is 1. The molecule has 2 saturated heterocycles. The molecule has 5 rings (SSSR count). The van der Waals surface area contributed by atoms with Gasteiger partial charge in [0.1, 0.15) is 17.7 Å². The number of anilines is 2. The molecule has 3 aromatic rings. The highest BCUT2D eigenvalue weighted by atomic mass is 16.5. The molecular formula is C24H25N5O2. The summed E-state index contributed by atoms with van der Waals surface area (Å²) in [4.78, 5) is 28.6. The summed E-state index contributed by atoms with van der Waals surface area (Å²) in [7, 11) is 0. The largest absolute Gasteiger partial charge is 0.368 e. The predicted octanol–water partition coefficient (Wildman–Crippen LogP) is 3.78. The van der Waals surface area contributed by atoms with Gasteiger partial charge in [-0.25, -0.2) is 9.97 Å². The Morgan fingerprint density at radius 3 is 2.77 bits per heavy atom. The van der Waals surface area contributed by atoms with Gasteiger partial charge >= 0.3 is 0 Å². The van der Waals surface area contributed by atoms with Crippen molar-refractivity contribution in [2.24, 2.45) is 0 Å². The molecule has 1 N–H and O–H groups in total. The van der Waals surface area contributed by atoms with Crippen molar-refractivity contribution in [3.63, 3.8) is 0 Å². The first-order chi connectivity index (χ1) is 15.3. The minimum absolute atomic E-state index is 0.0956. The normalized spacial score (nSPS) is 20.7. The number of nitrogens with one attached hydrogen (secondary N) is 1. The van der Waals surface area contributed by atoms with E-state index in [1.165, 1.54) is 0 Å². The Hall–Kier alpha value is -3.32. The fourth-order valence-corrected chi connectivity index (χ4v) is 4.19. The lowest BCUT2D eigenvalue weighted by molar-refractivity contribution is -0.139. The van der Waals surface area contributed by atoms with Gasteiger partial charge in [-0.15, -0.1) is 0 Å². The number of benzene rings is 1. The van der Waals surface area contributed by atoms with Gasteiger partial charge in [0.05, 0.1) is 5.69 Å². The Morgan fingerprint density at radius 2 is 2.00 bits per heavy atom. The molecule has 7 heteroatoms. The van der Waals surface area contributed by atoms with Crippen LogP contribution in [0.1, 0.15) is 31.0 Å². The standard InChI is InChI=1S/C24H25N5O2/c30-24(21-9-5-13-31-21)29-12-10-18(16-29)23-27-20(17-6-4-11-25-15-17)14-22(28-23)26-19-7-2-1-3-8-19/h1-4,6-8,11,14-15,18,21H,5,9-10,12-13,16H2,(H,26,27,28). The fourth-order valence-electron chi connectivity index (χ4n) is 4.19. The molecule has 4 heterocycles. The molecule has 0 radical (unpaired) electrons. The fraction of sp³-hybridized carbons (Fsp3) is 0.333. The molecule has 1 aromatic carbocycles. The third-order valence-electron chi connectivity index (χ3n) is 5.82. The van der Waals surface area contributed by atoms with Crippen LogP contribution >= 0.6 is 0 Å². The van der Waals surface area contributed by atoms with E-state index in [4.69, 9.17) is 14.7 Å². The lowest BCUT2D eigenvalue weighted by Gasteiger charge is -2.20. The van der Waals surface area contributed by atoms with Crippen LogP contribution < -0.4 is 5.32 Å². The van der Waals surface area contributed by atoms with Crippen LogP contribution in [0.25, 0.3) is 11.3 Å². The average Bonchev–Trinajstić information content (AvgIpc) is 3.52. The molecule has 2 atom stereocenters. The number of hydrogen-bond acceptors (Lipinski definition) is 6. The smallest absolute Gasteiger partial charge is 0.251 e. The topological polar surface area (TPSA) is 80.2 Å². The number of likely N-dealkylation sites (tertiary alicyclic amines) is 1. The lowest BCUT2D eigenvalue weighted by atomic mass is 10.1. The highest BCUT2D eigenvalue weighted by molar-refractivity contribution is 5.81. The summed E-state index contributed by atoms with van der Waals surface area (Å²) in [5.74, 6) is 1.69. The van der Waals surface area contributed by atoms with Crippen LogP contribution in [-0.2, 0) is 9.53 Å². The molecule has 0 spiro atoms. The number of amides is 1. The Bertz CT molecular complexity index is 1040. The monoisotopic (exact) mass is 415 g/mol. The Labute approximate surface area is 181 Å². The van der Waals surface area contributed by atoms with E-state index in [9.17, 15) is 4.79 Å². The summed E-state index contributed by atoms with van der Waals surface area (Å²) < 4.78 is 5.59. The highest BCUT2D eigenvalue weighted by Gasteiger charge is 2.34. The molecule has 0 aliphatic carbocycles. The molecular weight excluding hydrogens is 390 g/mol. The number of nitrogens with zero attached hydrogens (tertiary/aromatic N) is 4. The van der Waals surface area contributed by atoms with Crippen molar-refractivity contribution >= 4 is 17.4 Å². The summed E-state index contributed by atoms with van der Waals surface area (Å²) in [6.45, 7) is 2.02. The van der Waals surface area contributed by atoms with E-state index in [0.29, 0.717) is 19.7 Å². The van der Waals surface area contributed by atoms with Gasteiger partial charge in [0.15, 0.2) is 0 Å². The molecule has 158 valence electrons. The Balaban J connectivity index is 1.42. The molecule has 2 aromatic heterocycles. The summed E-state index contributed by atoms with van der Waals surface area (Å²) >= 11 is 0. The van der Waals surface area contributed by atoms with Gasteiger partial charge in [0.25, 0.3) is 5.91 Å². The summed E-state index contributed by atoms with van der Waals surface area (Å²) in [6, 6.07) is 15.8. The number of ether oxygens (including phenoxy) is 1. The van der Waals surface area contributed by atoms with Crippen molar-refractivity contribution in [3.8, 4) is 11.3 Å². The van der Waals surface area contributed by atoms with Crippen molar-refractivity contribution in [1.82, 2.24) is 19.9 Å². The van der Waals surface area contributed by atoms with E-state index in [1.807, 2.05) is 53.4 Å². The van der Waals surface area contributed by atoms with Crippen molar-refractivity contribution in [2.45, 2.75) is 31.3 Å². The summed E-state index contributed by atoms with van der Waals surface area (Å²) in [6.07, 6.45) is 5.90. The van der Waals surface area contributed by atoms with Gasteiger partial charge in [-0.2, -0.15) is 0 Å². The molecule has 31 heavy (non-hydrogen) atoms. The molecule has 0 bridgehead atoms. The number of hydrogen-bond donors (Lipinski definition) is 1. The minimum atomic E-state index is -0.281. The van der Waals surface area contributed by atoms with Gasteiger partial charge < -0.3 is 15.0 Å². The first-order valence-electron chi connectivity index (χ1n) is 10.8. The third-order valence-corrected chi connectivity index (χ3v) is 5.82. The number of rotatable bonds is 5. The number of pyridine rings is 1. The number of carbonyl (C=O) groups is 1. The summed E-state index contributed by atoms with van der Waals surface area (Å²) in [5, 5.41) is 3.38. The molecule has 2 unspecified atom stereocenters. The molecule has 2 fully saturated rings. The van der Waals surface area contributed by atoms with Gasteiger partial charge in [-0.05, 0) is 43.5 Å². The van der Waals surface area contributed by atoms with Crippen LogP contribution in [0.2, 0.25) is 0 Å². The quantitative estimate of drug-likeness (QED) is 0.683. The maximum absolute atomic E-state index is 12.8. The second-order valence-corrected chi connectivity index (χ2v) is 8.00. The van der Waals surface area contributed by atoms with Gasteiger partial charge in [0.2, 0.25) is 0 Å². The Morgan fingerprint density at radius 1 is 1.10 bits per heavy atom. The van der Waals surface area contributed by atoms with E-state index in [1.54, 1.807) is 12.4 Å². The van der Waals surface area contributed by atoms with Crippen molar-refractivity contribution in [3.05, 3.63) is 66.7 Å². The molecule has 1 amide bonds. The molecule has 0 saturated carbocycles. The maximum Gasteiger partial charge on any atom is 0.251 e. The van der Waals surface area contributed by atoms with E-state index < -0.39 is 0 Å². The van der Waals surface area contributed by atoms with E-state index in [-0.39, 0.29) is 17.9 Å². The van der Waals surface area contributed by atoms with Crippen molar-refractivity contribution < 1.29 is 9.53 Å². The number of aromatic nitrogens is 3. The Kier molecular flexibility index (Phi) is 5.58. The van der Waals surface area contributed by atoms with Crippen LogP contribution in [-0.4, -0.2) is 51.6 Å². The highest BCUT2D eigenvalue weighted by Crippen LogP contribution is 2.30. The zero-order chi connectivity index (χ0) is 21.0.